The minimum atomic E-state index is 0.679. The topological polar surface area (TPSA) is 47.0 Å². The normalized spacial score (nSPS) is 17.1. The van der Waals surface area contributed by atoms with E-state index in [1.807, 2.05) is 13.0 Å². The summed E-state index contributed by atoms with van der Waals surface area (Å²) in [6.07, 6.45) is 4.84. The molecule has 1 saturated heterocycles. The van der Waals surface area contributed by atoms with Gasteiger partial charge in [-0.1, -0.05) is 0 Å². The number of ether oxygens (including phenoxy) is 1. The van der Waals surface area contributed by atoms with Crippen LogP contribution in [0.2, 0.25) is 0 Å². The molecule has 94 valence electrons. The predicted molar refractivity (Wildman–Crippen MR) is 67.2 cm³/mol. The van der Waals surface area contributed by atoms with Crippen LogP contribution in [-0.2, 0) is 6.42 Å². The first-order chi connectivity index (χ1) is 8.28. The van der Waals surface area contributed by atoms with Crippen molar-refractivity contribution in [1.29, 1.82) is 0 Å². The van der Waals surface area contributed by atoms with Gasteiger partial charge in [-0.25, -0.2) is 4.98 Å². The largest absolute Gasteiger partial charge is 0.481 e. The molecule has 4 heteroatoms. The molecule has 1 aromatic heterocycles. The van der Waals surface area contributed by atoms with E-state index < -0.39 is 0 Å². The summed E-state index contributed by atoms with van der Waals surface area (Å²) in [5.41, 5.74) is 1.10. The summed E-state index contributed by atoms with van der Waals surface area (Å²) in [5.74, 6) is 2.32. The summed E-state index contributed by atoms with van der Waals surface area (Å²) >= 11 is 0. The third kappa shape index (κ3) is 3.66. The Kier molecular flexibility index (Phi) is 4.31. The molecule has 1 aromatic rings. The molecule has 1 aliphatic heterocycles. The fourth-order valence-electron chi connectivity index (χ4n) is 2.35. The summed E-state index contributed by atoms with van der Waals surface area (Å²) in [6, 6.07) is 1.95. The minimum Gasteiger partial charge on any atom is -0.481 e. The van der Waals surface area contributed by atoms with Crippen molar-refractivity contribution in [3.8, 4) is 5.88 Å². The Morgan fingerprint density at radius 3 is 2.82 bits per heavy atom. The second-order valence-electron chi connectivity index (χ2n) is 4.68. The van der Waals surface area contributed by atoms with E-state index in [1.165, 1.54) is 19.3 Å². The van der Waals surface area contributed by atoms with Gasteiger partial charge >= 0.3 is 0 Å². The fraction of sp³-hybridized carbons (Fsp3) is 0.692. The van der Waals surface area contributed by atoms with Crippen molar-refractivity contribution in [3.05, 3.63) is 17.6 Å². The molecule has 1 N–H and O–H groups in total. The van der Waals surface area contributed by atoms with Crippen LogP contribution in [-0.4, -0.2) is 30.2 Å². The number of aryl methyl sites for hydroxylation is 2. The highest BCUT2D eigenvalue weighted by atomic mass is 16.5. The van der Waals surface area contributed by atoms with Crippen LogP contribution < -0.4 is 10.1 Å². The summed E-state index contributed by atoms with van der Waals surface area (Å²) < 4.78 is 5.17. The lowest BCUT2D eigenvalue weighted by Crippen LogP contribution is -2.27. The van der Waals surface area contributed by atoms with Gasteiger partial charge in [0.2, 0.25) is 5.88 Å². The van der Waals surface area contributed by atoms with Gasteiger partial charge in [0.25, 0.3) is 0 Å². The van der Waals surface area contributed by atoms with Crippen molar-refractivity contribution in [1.82, 2.24) is 15.3 Å². The maximum absolute atomic E-state index is 5.17. The van der Waals surface area contributed by atoms with Crippen molar-refractivity contribution in [3.63, 3.8) is 0 Å². The Hall–Kier alpha value is -1.16. The molecule has 2 rings (SSSR count). The van der Waals surface area contributed by atoms with Crippen molar-refractivity contribution in [2.45, 2.75) is 32.6 Å². The lowest BCUT2D eigenvalue weighted by atomic mass is 9.92. The molecule has 0 aromatic carbocycles. The lowest BCUT2D eigenvalue weighted by molar-refractivity contribution is 0.352. The quantitative estimate of drug-likeness (QED) is 0.863. The van der Waals surface area contributed by atoms with Crippen molar-refractivity contribution in [2.24, 2.45) is 5.92 Å². The van der Waals surface area contributed by atoms with Gasteiger partial charge in [-0.3, -0.25) is 0 Å². The minimum absolute atomic E-state index is 0.679. The van der Waals surface area contributed by atoms with E-state index in [4.69, 9.17) is 4.74 Å². The molecule has 17 heavy (non-hydrogen) atoms. The van der Waals surface area contributed by atoms with Crippen LogP contribution >= 0.6 is 0 Å². The van der Waals surface area contributed by atoms with Crippen LogP contribution in [0.25, 0.3) is 0 Å². The van der Waals surface area contributed by atoms with Crippen LogP contribution in [0, 0.1) is 12.8 Å². The molecule has 0 aliphatic carbocycles. The molecular weight excluding hydrogens is 214 g/mol. The second-order valence-corrected chi connectivity index (χ2v) is 4.68. The Balaban J connectivity index is 1.91. The van der Waals surface area contributed by atoms with E-state index in [1.54, 1.807) is 7.11 Å². The zero-order chi connectivity index (χ0) is 12.1. The van der Waals surface area contributed by atoms with Gasteiger partial charge in [-0.2, -0.15) is 4.98 Å². The lowest BCUT2D eigenvalue weighted by Gasteiger charge is -2.22. The maximum Gasteiger partial charge on any atom is 0.216 e. The standard InChI is InChI=1S/C13H21N3O/c1-10-15-12(9-13(16-10)17-2)4-3-11-5-7-14-8-6-11/h9,11,14H,3-8H2,1-2H3. The SMILES string of the molecule is COc1cc(CCC2CCNCC2)nc(C)n1. The van der Waals surface area contributed by atoms with E-state index in [2.05, 4.69) is 15.3 Å². The van der Waals surface area contributed by atoms with Crippen LogP contribution in [0.4, 0.5) is 0 Å². The summed E-state index contributed by atoms with van der Waals surface area (Å²) in [7, 11) is 1.65. The highest BCUT2D eigenvalue weighted by Crippen LogP contribution is 2.19. The average Bonchev–Trinajstić information content (AvgIpc) is 2.37. The summed E-state index contributed by atoms with van der Waals surface area (Å²) in [4.78, 5) is 8.66. The Bertz CT molecular complexity index is 362. The number of piperidine rings is 1. The molecule has 0 unspecified atom stereocenters. The fourth-order valence-corrected chi connectivity index (χ4v) is 2.35. The zero-order valence-corrected chi connectivity index (χ0v) is 10.7. The van der Waals surface area contributed by atoms with Crippen LogP contribution in [0.5, 0.6) is 5.88 Å². The van der Waals surface area contributed by atoms with Gasteiger partial charge in [-0.05, 0) is 51.6 Å². The molecule has 4 nitrogen and oxygen atoms in total. The molecule has 0 amide bonds. The smallest absolute Gasteiger partial charge is 0.216 e. The van der Waals surface area contributed by atoms with E-state index >= 15 is 0 Å². The molecular formula is C13H21N3O. The summed E-state index contributed by atoms with van der Waals surface area (Å²) in [5, 5.41) is 3.39. The van der Waals surface area contributed by atoms with Crippen molar-refractivity contribution < 1.29 is 4.74 Å². The molecule has 0 radical (unpaired) electrons. The van der Waals surface area contributed by atoms with E-state index in [0.29, 0.717) is 5.88 Å². The van der Waals surface area contributed by atoms with Crippen LogP contribution in [0.15, 0.2) is 6.07 Å². The zero-order valence-electron chi connectivity index (χ0n) is 10.7. The van der Waals surface area contributed by atoms with E-state index in [9.17, 15) is 0 Å². The van der Waals surface area contributed by atoms with Crippen LogP contribution in [0.3, 0.4) is 0 Å². The second kappa shape index (κ2) is 5.96. The number of nitrogens with zero attached hydrogens (tertiary/aromatic N) is 2. The van der Waals surface area contributed by atoms with Gasteiger partial charge < -0.3 is 10.1 Å². The highest BCUT2D eigenvalue weighted by Gasteiger charge is 2.13. The van der Waals surface area contributed by atoms with Gasteiger partial charge in [0.15, 0.2) is 0 Å². The van der Waals surface area contributed by atoms with E-state index in [-0.39, 0.29) is 0 Å². The third-order valence-electron chi connectivity index (χ3n) is 3.34. The number of aromatic nitrogens is 2. The first-order valence-corrected chi connectivity index (χ1v) is 6.37. The molecule has 0 atom stereocenters. The predicted octanol–water partition coefficient (Wildman–Crippen LogP) is 1.73. The van der Waals surface area contributed by atoms with Gasteiger partial charge in [0, 0.05) is 11.8 Å². The number of methoxy groups -OCH3 is 1. The average molecular weight is 235 g/mol. The molecule has 2 heterocycles. The monoisotopic (exact) mass is 235 g/mol. The molecule has 0 saturated carbocycles. The van der Waals surface area contributed by atoms with Crippen molar-refractivity contribution >= 4 is 0 Å². The van der Waals surface area contributed by atoms with Crippen molar-refractivity contribution in [2.75, 3.05) is 20.2 Å². The van der Waals surface area contributed by atoms with Gasteiger partial charge in [0.05, 0.1) is 7.11 Å². The Labute approximate surface area is 103 Å². The number of rotatable bonds is 4. The molecule has 0 spiro atoms. The van der Waals surface area contributed by atoms with Gasteiger partial charge in [0.1, 0.15) is 5.82 Å². The number of hydrogen-bond acceptors (Lipinski definition) is 4. The molecule has 0 bridgehead atoms. The Morgan fingerprint density at radius 1 is 1.35 bits per heavy atom. The number of nitrogens with one attached hydrogen (secondary N) is 1. The first kappa shape index (κ1) is 12.3. The Morgan fingerprint density at radius 2 is 2.12 bits per heavy atom. The maximum atomic E-state index is 5.17. The van der Waals surface area contributed by atoms with E-state index in [0.717, 1.165) is 36.9 Å². The summed E-state index contributed by atoms with van der Waals surface area (Å²) in [6.45, 7) is 4.24. The number of hydrogen-bond donors (Lipinski definition) is 1. The van der Waals surface area contributed by atoms with Gasteiger partial charge in [-0.15, -0.1) is 0 Å². The first-order valence-electron chi connectivity index (χ1n) is 6.37. The highest BCUT2D eigenvalue weighted by molar-refractivity contribution is 5.16. The third-order valence-corrected chi connectivity index (χ3v) is 3.34. The molecule has 1 aliphatic rings. The van der Waals surface area contributed by atoms with Crippen LogP contribution in [0.1, 0.15) is 30.8 Å². The molecule has 1 fully saturated rings.